The van der Waals surface area contributed by atoms with Gasteiger partial charge in [-0.15, -0.1) is 0 Å². The first-order valence-corrected chi connectivity index (χ1v) is 6.61. The molecule has 20 heavy (non-hydrogen) atoms. The van der Waals surface area contributed by atoms with Gasteiger partial charge in [-0.05, 0) is 53.3 Å². The molecule has 0 aliphatic heterocycles. The van der Waals surface area contributed by atoms with Crippen molar-refractivity contribution in [2.75, 3.05) is 5.32 Å². The van der Waals surface area contributed by atoms with Crippen LogP contribution in [0, 0.1) is 10.5 Å². The van der Waals surface area contributed by atoms with E-state index < -0.39 is 6.61 Å². The molecule has 0 aliphatic carbocycles. The number of aryl methyl sites for hydroxylation is 1. The number of aromatic nitrogens is 2. The average Bonchev–Trinajstić information content (AvgIpc) is 2.78. The molecule has 106 valence electrons. The maximum absolute atomic E-state index is 12.1. The van der Waals surface area contributed by atoms with Gasteiger partial charge >= 0.3 is 6.61 Å². The number of halogens is 3. The zero-order chi connectivity index (χ0) is 14.7. The predicted molar refractivity (Wildman–Crippen MR) is 77.1 cm³/mol. The molecule has 1 aromatic heterocycles. The number of aromatic amines is 1. The second-order valence-corrected chi connectivity index (χ2v) is 5.06. The molecule has 2 aromatic rings. The van der Waals surface area contributed by atoms with Gasteiger partial charge in [-0.2, -0.15) is 13.9 Å². The number of nitrogens with zero attached hydrogens (tertiary/aromatic N) is 1. The van der Waals surface area contributed by atoms with Crippen LogP contribution < -0.4 is 10.1 Å². The van der Waals surface area contributed by atoms with E-state index in [9.17, 15) is 13.6 Å². The molecule has 0 saturated heterocycles. The first-order chi connectivity index (χ1) is 9.47. The Kier molecular flexibility index (Phi) is 4.53. The maximum Gasteiger partial charge on any atom is 0.387 e. The molecule has 0 saturated carbocycles. The minimum absolute atomic E-state index is 0.0478. The Bertz CT molecular complexity index is 631. The van der Waals surface area contributed by atoms with Gasteiger partial charge in [0.1, 0.15) is 11.4 Å². The third-order valence-corrected chi connectivity index (χ3v) is 3.31. The number of nitrogens with one attached hydrogen (secondary N) is 2. The van der Waals surface area contributed by atoms with Crippen LogP contribution in [-0.4, -0.2) is 22.7 Å². The van der Waals surface area contributed by atoms with E-state index in [-0.39, 0.29) is 11.7 Å². The number of rotatable bonds is 4. The van der Waals surface area contributed by atoms with Crippen LogP contribution in [0.15, 0.2) is 24.4 Å². The Morgan fingerprint density at radius 2 is 2.25 bits per heavy atom. The van der Waals surface area contributed by atoms with Gasteiger partial charge in [-0.3, -0.25) is 9.89 Å². The van der Waals surface area contributed by atoms with E-state index >= 15 is 0 Å². The molecule has 1 heterocycles. The van der Waals surface area contributed by atoms with Crippen molar-refractivity contribution >= 4 is 34.2 Å². The lowest BCUT2D eigenvalue weighted by Crippen LogP contribution is -2.14. The fraction of sp³-hybridized carbons (Fsp3) is 0.167. The van der Waals surface area contributed by atoms with E-state index in [0.29, 0.717) is 20.5 Å². The van der Waals surface area contributed by atoms with Crippen molar-refractivity contribution in [1.82, 2.24) is 10.2 Å². The highest BCUT2D eigenvalue weighted by Gasteiger charge is 2.14. The van der Waals surface area contributed by atoms with Crippen LogP contribution in [0.25, 0.3) is 0 Å². The zero-order valence-electron chi connectivity index (χ0n) is 10.3. The normalized spacial score (nSPS) is 10.7. The van der Waals surface area contributed by atoms with Crippen LogP contribution in [0.3, 0.4) is 0 Å². The number of H-pyrrole nitrogens is 1. The number of anilines is 1. The van der Waals surface area contributed by atoms with E-state index in [1.165, 1.54) is 24.4 Å². The van der Waals surface area contributed by atoms with Crippen LogP contribution in [0.2, 0.25) is 0 Å². The Morgan fingerprint density at radius 1 is 1.50 bits per heavy atom. The highest BCUT2D eigenvalue weighted by molar-refractivity contribution is 14.1. The Morgan fingerprint density at radius 3 is 2.80 bits per heavy atom. The number of hydrogen-bond acceptors (Lipinski definition) is 3. The number of alkyl halides is 2. The quantitative estimate of drug-likeness (QED) is 0.785. The zero-order valence-corrected chi connectivity index (χ0v) is 12.4. The third kappa shape index (κ3) is 3.44. The summed E-state index contributed by atoms with van der Waals surface area (Å²) in [5.74, 6) is -0.302. The topological polar surface area (TPSA) is 67.0 Å². The van der Waals surface area contributed by atoms with Crippen molar-refractivity contribution in [3.63, 3.8) is 0 Å². The lowest BCUT2D eigenvalue weighted by molar-refractivity contribution is -0.0498. The predicted octanol–water partition coefficient (Wildman–Crippen LogP) is 3.18. The molecular weight excluding hydrogens is 383 g/mol. The van der Waals surface area contributed by atoms with Crippen LogP contribution in [0.1, 0.15) is 16.1 Å². The first kappa shape index (κ1) is 14.7. The third-order valence-electron chi connectivity index (χ3n) is 2.49. The van der Waals surface area contributed by atoms with E-state index in [0.717, 1.165) is 0 Å². The van der Waals surface area contributed by atoms with Gasteiger partial charge in [0.15, 0.2) is 0 Å². The smallest absolute Gasteiger partial charge is 0.387 e. The summed E-state index contributed by atoms with van der Waals surface area (Å²) in [5.41, 5.74) is 1.48. The molecule has 2 rings (SSSR count). The number of ether oxygens (including phenoxy) is 1. The highest BCUT2D eigenvalue weighted by atomic mass is 127. The van der Waals surface area contributed by atoms with Crippen molar-refractivity contribution in [2.24, 2.45) is 0 Å². The van der Waals surface area contributed by atoms with Crippen LogP contribution in [0.5, 0.6) is 5.75 Å². The number of benzene rings is 1. The molecular formula is C12H10F2IN3O2. The summed E-state index contributed by atoms with van der Waals surface area (Å²) in [6, 6.07) is 4.31. The number of carbonyl (C=O) groups excluding carboxylic acids is 1. The van der Waals surface area contributed by atoms with Crippen LogP contribution in [0.4, 0.5) is 14.5 Å². The largest absolute Gasteiger partial charge is 0.435 e. The fourth-order valence-electron chi connectivity index (χ4n) is 1.57. The number of carbonyl (C=O) groups is 1. The van der Waals surface area contributed by atoms with Gasteiger partial charge in [-0.25, -0.2) is 0 Å². The standard InChI is InChI=1S/C12H10F2IN3O2/c1-6-4-7(20-12(13)14)2-3-9(6)17-11(19)10-8(15)5-16-18-10/h2-5,12H,1H3,(H,16,18)(H,17,19). The minimum atomic E-state index is -2.87. The summed E-state index contributed by atoms with van der Waals surface area (Å²) in [4.78, 5) is 12.0. The minimum Gasteiger partial charge on any atom is -0.435 e. The van der Waals surface area contributed by atoms with E-state index in [1.807, 2.05) is 22.6 Å². The molecule has 0 fully saturated rings. The molecule has 0 bridgehead atoms. The van der Waals surface area contributed by atoms with Gasteiger partial charge in [0, 0.05) is 5.69 Å². The van der Waals surface area contributed by atoms with Crippen molar-refractivity contribution in [1.29, 1.82) is 0 Å². The van der Waals surface area contributed by atoms with Crippen LogP contribution >= 0.6 is 22.6 Å². The van der Waals surface area contributed by atoms with E-state index in [2.05, 4.69) is 20.3 Å². The second kappa shape index (κ2) is 6.16. The fourth-order valence-corrected chi connectivity index (χ4v) is 2.07. The van der Waals surface area contributed by atoms with Crippen LogP contribution in [-0.2, 0) is 0 Å². The Balaban J connectivity index is 2.14. The Labute approximate surface area is 126 Å². The van der Waals surface area contributed by atoms with Gasteiger partial charge in [0.2, 0.25) is 0 Å². The molecule has 0 unspecified atom stereocenters. The maximum atomic E-state index is 12.1. The summed E-state index contributed by atoms with van der Waals surface area (Å²) in [5, 5.41) is 9.02. The summed E-state index contributed by atoms with van der Waals surface area (Å²) in [6.45, 7) is -1.19. The molecule has 0 spiro atoms. The monoisotopic (exact) mass is 393 g/mol. The first-order valence-electron chi connectivity index (χ1n) is 5.53. The number of hydrogen-bond donors (Lipinski definition) is 2. The van der Waals surface area contributed by atoms with Crippen molar-refractivity contribution < 1.29 is 18.3 Å². The molecule has 8 heteroatoms. The summed E-state index contributed by atoms with van der Waals surface area (Å²) in [6.07, 6.45) is 1.53. The Hall–Kier alpha value is -1.71. The summed E-state index contributed by atoms with van der Waals surface area (Å²) < 4.78 is 29.2. The van der Waals surface area contributed by atoms with Gasteiger partial charge in [0.25, 0.3) is 5.91 Å². The lowest BCUT2D eigenvalue weighted by atomic mass is 10.2. The SMILES string of the molecule is Cc1cc(OC(F)F)ccc1NC(=O)c1[nH]ncc1I. The van der Waals surface area contributed by atoms with Gasteiger partial charge < -0.3 is 10.1 Å². The van der Waals surface area contributed by atoms with E-state index in [1.54, 1.807) is 6.92 Å². The molecule has 1 amide bonds. The molecule has 0 aliphatic rings. The lowest BCUT2D eigenvalue weighted by Gasteiger charge is -2.10. The molecule has 5 nitrogen and oxygen atoms in total. The molecule has 2 N–H and O–H groups in total. The summed E-state index contributed by atoms with van der Waals surface area (Å²) in [7, 11) is 0. The van der Waals surface area contributed by atoms with Gasteiger partial charge in [0.05, 0.1) is 9.77 Å². The molecule has 0 atom stereocenters. The average molecular weight is 393 g/mol. The van der Waals surface area contributed by atoms with Crippen molar-refractivity contribution in [3.8, 4) is 5.75 Å². The van der Waals surface area contributed by atoms with Crippen molar-refractivity contribution in [3.05, 3.63) is 39.2 Å². The summed E-state index contributed by atoms with van der Waals surface area (Å²) >= 11 is 1.98. The highest BCUT2D eigenvalue weighted by Crippen LogP contribution is 2.23. The molecule has 1 aromatic carbocycles. The van der Waals surface area contributed by atoms with Gasteiger partial charge in [-0.1, -0.05) is 0 Å². The van der Waals surface area contributed by atoms with Crippen molar-refractivity contribution in [2.45, 2.75) is 13.5 Å². The van der Waals surface area contributed by atoms with E-state index in [4.69, 9.17) is 0 Å². The second-order valence-electron chi connectivity index (χ2n) is 3.90. The number of amides is 1. The molecule has 0 radical (unpaired) electrons.